The first-order valence-corrected chi connectivity index (χ1v) is 11.3. The molecular formula is C24H23N5OS. The van der Waals surface area contributed by atoms with Crippen LogP contribution in [0.1, 0.15) is 20.8 Å². The Bertz CT molecular complexity index is 1170. The van der Waals surface area contributed by atoms with Gasteiger partial charge >= 0.3 is 0 Å². The van der Waals surface area contributed by atoms with Crippen LogP contribution in [0.2, 0.25) is 0 Å². The van der Waals surface area contributed by atoms with E-state index < -0.39 is 0 Å². The minimum absolute atomic E-state index is 0.116. The summed E-state index contributed by atoms with van der Waals surface area (Å²) in [6.07, 6.45) is 6.34. The number of amides is 1. The van der Waals surface area contributed by atoms with Crippen molar-refractivity contribution in [2.24, 2.45) is 0 Å². The van der Waals surface area contributed by atoms with Gasteiger partial charge in [0.15, 0.2) is 0 Å². The quantitative estimate of drug-likeness (QED) is 0.507. The number of nitrogens with zero attached hydrogens (tertiary/aromatic N) is 4. The fourth-order valence-electron chi connectivity index (χ4n) is 3.89. The molecule has 4 aromatic rings. The van der Waals surface area contributed by atoms with Crippen LogP contribution in [0.5, 0.6) is 0 Å². The highest BCUT2D eigenvalue weighted by Crippen LogP contribution is 2.24. The Kier molecular flexibility index (Phi) is 5.60. The molecule has 156 valence electrons. The molecule has 1 aliphatic heterocycles. The van der Waals surface area contributed by atoms with Crippen molar-refractivity contribution in [1.29, 1.82) is 0 Å². The first-order valence-electron chi connectivity index (χ1n) is 10.4. The van der Waals surface area contributed by atoms with Crippen LogP contribution in [0.4, 0.5) is 0 Å². The monoisotopic (exact) mass is 429 g/mol. The van der Waals surface area contributed by atoms with Gasteiger partial charge in [-0.1, -0.05) is 18.2 Å². The molecule has 0 bridgehead atoms. The van der Waals surface area contributed by atoms with Crippen molar-refractivity contribution in [3.8, 4) is 16.9 Å². The van der Waals surface area contributed by atoms with Gasteiger partial charge in [-0.25, -0.2) is 4.68 Å². The lowest BCUT2D eigenvalue weighted by Gasteiger charge is -2.26. The van der Waals surface area contributed by atoms with Crippen molar-refractivity contribution in [3.63, 3.8) is 0 Å². The van der Waals surface area contributed by atoms with E-state index in [9.17, 15) is 4.79 Å². The van der Waals surface area contributed by atoms with Crippen LogP contribution in [-0.2, 0) is 13.0 Å². The van der Waals surface area contributed by atoms with E-state index in [-0.39, 0.29) is 5.91 Å². The zero-order valence-corrected chi connectivity index (χ0v) is 17.9. The van der Waals surface area contributed by atoms with Crippen LogP contribution in [0.15, 0.2) is 72.5 Å². The fourth-order valence-corrected chi connectivity index (χ4v) is 4.78. The number of thiophene rings is 1. The molecule has 0 atom stereocenters. The van der Waals surface area contributed by atoms with Gasteiger partial charge in [0.2, 0.25) is 0 Å². The third-order valence-corrected chi connectivity index (χ3v) is 6.54. The molecule has 7 heteroatoms. The highest BCUT2D eigenvalue weighted by Gasteiger charge is 2.20. The third-order valence-electron chi connectivity index (χ3n) is 5.51. The number of carbonyl (C=O) groups is 1. The van der Waals surface area contributed by atoms with Crippen molar-refractivity contribution in [1.82, 2.24) is 25.0 Å². The Labute approximate surface area is 185 Å². The second-order valence-electron chi connectivity index (χ2n) is 7.56. The minimum atomic E-state index is -0.116. The number of hydrogen-bond donors (Lipinski definition) is 1. The van der Waals surface area contributed by atoms with Crippen molar-refractivity contribution in [3.05, 3.63) is 88.5 Å². The largest absolute Gasteiger partial charge is 0.351 e. The molecule has 1 amide bonds. The molecule has 0 unspecified atom stereocenters. The molecular weight excluding hydrogens is 406 g/mol. The molecule has 3 aromatic heterocycles. The van der Waals surface area contributed by atoms with Gasteiger partial charge in [-0.3, -0.25) is 14.7 Å². The van der Waals surface area contributed by atoms with Gasteiger partial charge in [0, 0.05) is 55.2 Å². The van der Waals surface area contributed by atoms with Crippen LogP contribution < -0.4 is 5.32 Å². The smallest absolute Gasteiger partial charge is 0.255 e. The number of rotatable bonds is 6. The molecule has 0 aliphatic carbocycles. The summed E-state index contributed by atoms with van der Waals surface area (Å²) in [5.74, 6) is -0.116. The summed E-state index contributed by atoms with van der Waals surface area (Å²) >= 11 is 1.84. The molecule has 1 aromatic carbocycles. The van der Waals surface area contributed by atoms with Crippen molar-refractivity contribution in [2.45, 2.75) is 13.0 Å². The second-order valence-corrected chi connectivity index (χ2v) is 8.56. The van der Waals surface area contributed by atoms with E-state index in [1.165, 1.54) is 10.4 Å². The number of hydrogen-bond acceptors (Lipinski definition) is 5. The predicted octanol–water partition coefficient (Wildman–Crippen LogP) is 3.78. The molecule has 0 saturated heterocycles. The maximum atomic E-state index is 13.1. The molecule has 4 heterocycles. The van der Waals surface area contributed by atoms with Crippen LogP contribution in [0, 0.1) is 0 Å². The molecule has 31 heavy (non-hydrogen) atoms. The summed E-state index contributed by atoms with van der Waals surface area (Å²) < 4.78 is 1.75. The van der Waals surface area contributed by atoms with Crippen molar-refractivity contribution < 1.29 is 4.79 Å². The summed E-state index contributed by atoms with van der Waals surface area (Å²) in [6.45, 7) is 3.43. The van der Waals surface area contributed by atoms with E-state index in [2.05, 4.69) is 26.6 Å². The molecule has 5 rings (SSSR count). The highest BCUT2D eigenvalue weighted by atomic mass is 32.1. The van der Waals surface area contributed by atoms with Crippen LogP contribution in [0.25, 0.3) is 16.9 Å². The van der Waals surface area contributed by atoms with E-state index in [0.29, 0.717) is 17.8 Å². The lowest BCUT2D eigenvalue weighted by Crippen LogP contribution is -2.37. The standard InChI is InChI=1S/C24H23N5OS/c30-24(26-11-13-28-12-8-22-19(16-28)9-14-31-22)21-17-29(20-6-2-1-3-7-20)27-23(21)18-5-4-10-25-15-18/h1-7,9-10,14-15,17H,8,11-13,16H2,(H,26,30). The zero-order valence-electron chi connectivity index (χ0n) is 17.1. The van der Waals surface area contributed by atoms with Gasteiger partial charge < -0.3 is 5.32 Å². The van der Waals surface area contributed by atoms with Gasteiger partial charge in [-0.15, -0.1) is 11.3 Å². The Morgan fingerprint density at radius 3 is 2.87 bits per heavy atom. The Hall–Kier alpha value is -3.29. The molecule has 1 aliphatic rings. The normalized spacial score (nSPS) is 13.7. The fraction of sp³-hybridized carbons (Fsp3) is 0.208. The van der Waals surface area contributed by atoms with Gasteiger partial charge in [0.1, 0.15) is 5.69 Å². The number of pyridine rings is 1. The molecule has 0 fully saturated rings. The lowest BCUT2D eigenvalue weighted by molar-refractivity contribution is 0.0948. The first kappa shape index (κ1) is 19.7. The topological polar surface area (TPSA) is 63.1 Å². The summed E-state index contributed by atoms with van der Waals surface area (Å²) in [6, 6.07) is 15.8. The van der Waals surface area contributed by atoms with E-state index >= 15 is 0 Å². The summed E-state index contributed by atoms with van der Waals surface area (Å²) in [5.41, 5.74) is 4.34. The average molecular weight is 430 g/mol. The van der Waals surface area contributed by atoms with E-state index in [1.54, 1.807) is 23.3 Å². The van der Waals surface area contributed by atoms with Crippen molar-refractivity contribution in [2.75, 3.05) is 19.6 Å². The highest BCUT2D eigenvalue weighted by molar-refractivity contribution is 7.10. The number of nitrogens with one attached hydrogen (secondary N) is 1. The number of para-hydroxylation sites is 1. The van der Waals surface area contributed by atoms with Gasteiger partial charge in [-0.2, -0.15) is 5.10 Å². The SMILES string of the molecule is O=C(NCCN1CCc2sccc2C1)c1cn(-c2ccccc2)nc1-c1cccnc1. The summed E-state index contributed by atoms with van der Waals surface area (Å²) in [5, 5.41) is 9.95. The molecule has 0 radical (unpaired) electrons. The average Bonchev–Trinajstić information content (AvgIpc) is 3.47. The Balaban J connectivity index is 1.31. The maximum Gasteiger partial charge on any atom is 0.255 e. The molecule has 0 saturated carbocycles. The minimum Gasteiger partial charge on any atom is -0.351 e. The Morgan fingerprint density at radius 1 is 1.13 bits per heavy atom. The van der Waals surface area contributed by atoms with Gasteiger partial charge in [-0.05, 0) is 47.7 Å². The van der Waals surface area contributed by atoms with E-state index in [1.807, 2.05) is 53.8 Å². The number of aromatic nitrogens is 3. The van der Waals surface area contributed by atoms with Gasteiger partial charge in [0.05, 0.1) is 11.3 Å². The number of benzene rings is 1. The number of fused-ring (bicyclic) bond motifs is 1. The summed E-state index contributed by atoms with van der Waals surface area (Å²) in [4.78, 5) is 21.2. The lowest BCUT2D eigenvalue weighted by atomic mass is 10.1. The Morgan fingerprint density at radius 2 is 2.03 bits per heavy atom. The summed E-state index contributed by atoms with van der Waals surface area (Å²) in [7, 11) is 0. The van der Waals surface area contributed by atoms with E-state index in [4.69, 9.17) is 5.10 Å². The third kappa shape index (κ3) is 4.28. The van der Waals surface area contributed by atoms with Crippen LogP contribution >= 0.6 is 11.3 Å². The van der Waals surface area contributed by atoms with Crippen molar-refractivity contribution >= 4 is 17.2 Å². The molecule has 1 N–H and O–H groups in total. The van der Waals surface area contributed by atoms with Gasteiger partial charge in [0.25, 0.3) is 5.91 Å². The molecule has 0 spiro atoms. The predicted molar refractivity (Wildman–Crippen MR) is 122 cm³/mol. The van der Waals surface area contributed by atoms with Crippen LogP contribution in [-0.4, -0.2) is 45.2 Å². The number of carbonyl (C=O) groups excluding carboxylic acids is 1. The maximum absolute atomic E-state index is 13.1. The second kappa shape index (κ2) is 8.83. The zero-order chi connectivity index (χ0) is 21.0. The van der Waals surface area contributed by atoms with Crippen LogP contribution in [0.3, 0.4) is 0 Å². The molecule has 6 nitrogen and oxygen atoms in total. The van der Waals surface area contributed by atoms with E-state index in [0.717, 1.165) is 37.3 Å². The first-order chi connectivity index (χ1) is 15.3.